The predicted octanol–water partition coefficient (Wildman–Crippen LogP) is 2.17. The van der Waals surface area contributed by atoms with E-state index in [2.05, 4.69) is 26.6 Å². The van der Waals surface area contributed by atoms with Gasteiger partial charge in [0.25, 0.3) is 0 Å². The average Bonchev–Trinajstić information content (AvgIpc) is 2.89. The largest absolute Gasteiger partial charge is 0.361 e. The number of pyridine rings is 1. The standard InChI is InChI=1S/C13H13N5/c14-7-9-4-2-6-15-13(9)17-11-5-1-3-10-8-16-18-12(10)11/h2,4,6,8,11H,1,3,5H2,(H,15,17)(H,16,18). The molecule has 0 radical (unpaired) electrons. The van der Waals surface area contributed by atoms with Gasteiger partial charge >= 0.3 is 0 Å². The molecule has 2 aromatic rings. The molecule has 0 saturated heterocycles. The fraction of sp³-hybridized carbons (Fsp3) is 0.308. The van der Waals surface area contributed by atoms with Gasteiger partial charge < -0.3 is 5.32 Å². The van der Waals surface area contributed by atoms with Crippen LogP contribution in [0.25, 0.3) is 0 Å². The molecule has 1 aliphatic rings. The number of fused-ring (bicyclic) bond motifs is 1. The third kappa shape index (κ3) is 1.82. The number of nitrogens with zero attached hydrogens (tertiary/aromatic N) is 3. The second-order valence-corrected chi connectivity index (χ2v) is 4.41. The number of nitriles is 1. The first kappa shape index (κ1) is 10.8. The quantitative estimate of drug-likeness (QED) is 0.841. The van der Waals surface area contributed by atoms with Gasteiger partial charge in [0.15, 0.2) is 0 Å². The molecule has 2 N–H and O–H groups in total. The van der Waals surface area contributed by atoms with Crippen molar-refractivity contribution in [1.29, 1.82) is 5.26 Å². The number of hydrogen-bond donors (Lipinski definition) is 2. The molecule has 5 nitrogen and oxygen atoms in total. The Morgan fingerprint density at radius 3 is 3.33 bits per heavy atom. The minimum absolute atomic E-state index is 0.165. The number of aromatic nitrogens is 3. The van der Waals surface area contributed by atoms with E-state index in [0.29, 0.717) is 11.4 Å². The number of rotatable bonds is 2. The van der Waals surface area contributed by atoms with Crippen molar-refractivity contribution in [2.75, 3.05) is 5.32 Å². The summed E-state index contributed by atoms with van der Waals surface area (Å²) in [5, 5.41) is 19.5. The summed E-state index contributed by atoms with van der Waals surface area (Å²) in [6.07, 6.45) is 6.79. The van der Waals surface area contributed by atoms with Crippen LogP contribution >= 0.6 is 0 Å². The Bertz CT molecular complexity index is 595. The third-order valence-electron chi connectivity index (χ3n) is 3.28. The van der Waals surface area contributed by atoms with Crippen LogP contribution in [-0.2, 0) is 6.42 Å². The van der Waals surface area contributed by atoms with E-state index < -0.39 is 0 Å². The van der Waals surface area contributed by atoms with Gasteiger partial charge in [-0.2, -0.15) is 10.4 Å². The maximum absolute atomic E-state index is 9.05. The molecule has 1 unspecified atom stereocenters. The Hall–Kier alpha value is -2.35. The van der Waals surface area contributed by atoms with Crippen LogP contribution in [0.3, 0.4) is 0 Å². The zero-order valence-corrected chi connectivity index (χ0v) is 9.85. The van der Waals surface area contributed by atoms with Crippen LogP contribution in [0.1, 0.15) is 35.7 Å². The lowest BCUT2D eigenvalue weighted by atomic mass is 9.93. The van der Waals surface area contributed by atoms with Crippen molar-refractivity contribution in [1.82, 2.24) is 15.2 Å². The molecule has 2 aromatic heterocycles. The van der Waals surface area contributed by atoms with Crippen LogP contribution in [0, 0.1) is 11.3 Å². The second-order valence-electron chi connectivity index (χ2n) is 4.41. The van der Waals surface area contributed by atoms with Crippen LogP contribution in [0.15, 0.2) is 24.5 Å². The summed E-state index contributed by atoms with van der Waals surface area (Å²) in [4.78, 5) is 4.23. The average molecular weight is 239 g/mol. The number of anilines is 1. The monoisotopic (exact) mass is 239 g/mol. The first-order valence-electron chi connectivity index (χ1n) is 6.02. The molecular formula is C13H13N5. The zero-order chi connectivity index (χ0) is 12.4. The molecule has 90 valence electrons. The highest BCUT2D eigenvalue weighted by molar-refractivity contribution is 5.52. The highest BCUT2D eigenvalue weighted by Gasteiger charge is 2.22. The maximum atomic E-state index is 9.05. The van der Waals surface area contributed by atoms with Crippen molar-refractivity contribution in [3.63, 3.8) is 0 Å². The normalized spacial score (nSPS) is 17.8. The molecule has 0 aliphatic heterocycles. The fourth-order valence-corrected chi connectivity index (χ4v) is 2.38. The van der Waals surface area contributed by atoms with Gasteiger partial charge in [0.2, 0.25) is 0 Å². The van der Waals surface area contributed by atoms with Crippen LogP contribution in [0.5, 0.6) is 0 Å². The molecule has 0 aromatic carbocycles. The van der Waals surface area contributed by atoms with E-state index in [4.69, 9.17) is 5.26 Å². The van der Waals surface area contributed by atoms with E-state index in [1.807, 2.05) is 6.20 Å². The van der Waals surface area contributed by atoms with Gasteiger partial charge in [0.05, 0.1) is 23.5 Å². The molecule has 0 bridgehead atoms. The summed E-state index contributed by atoms with van der Waals surface area (Å²) < 4.78 is 0. The summed E-state index contributed by atoms with van der Waals surface area (Å²) in [6, 6.07) is 5.86. The molecule has 1 aliphatic carbocycles. The van der Waals surface area contributed by atoms with Crippen molar-refractivity contribution in [3.8, 4) is 6.07 Å². The van der Waals surface area contributed by atoms with E-state index >= 15 is 0 Å². The van der Waals surface area contributed by atoms with Crippen molar-refractivity contribution in [2.45, 2.75) is 25.3 Å². The summed E-state index contributed by atoms with van der Waals surface area (Å²) in [6.45, 7) is 0. The molecule has 5 heteroatoms. The van der Waals surface area contributed by atoms with Crippen LogP contribution in [-0.4, -0.2) is 15.2 Å². The Kier molecular flexibility index (Phi) is 2.69. The van der Waals surface area contributed by atoms with Crippen molar-refractivity contribution in [3.05, 3.63) is 41.3 Å². The van der Waals surface area contributed by atoms with Gasteiger partial charge in [0, 0.05) is 6.20 Å². The van der Waals surface area contributed by atoms with Gasteiger partial charge in [-0.1, -0.05) is 0 Å². The van der Waals surface area contributed by atoms with Gasteiger partial charge in [-0.15, -0.1) is 0 Å². The third-order valence-corrected chi connectivity index (χ3v) is 3.28. The maximum Gasteiger partial charge on any atom is 0.144 e. The SMILES string of the molecule is N#Cc1cccnc1NC1CCCc2cn[nH]c21. The Morgan fingerprint density at radius 2 is 2.44 bits per heavy atom. The number of H-pyrrole nitrogens is 1. The van der Waals surface area contributed by atoms with Gasteiger partial charge in [-0.05, 0) is 37.0 Å². The van der Waals surface area contributed by atoms with Gasteiger partial charge in [0.1, 0.15) is 11.9 Å². The molecule has 1 atom stereocenters. The molecule has 0 saturated carbocycles. The summed E-state index contributed by atoms with van der Waals surface area (Å²) >= 11 is 0. The summed E-state index contributed by atoms with van der Waals surface area (Å²) in [7, 11) is 0. The van der Waals surface area contributed by atoms with Crippen LogP contribution < -0.4 is 5.32 Å². The first-order valence-corrected chi connectivity index (χ1v) is 6.02. The molecular weight excluding hydrogens is 226 g/mol. The van der Waals surface area contributed by atoms with E-state index in [1.54, 1.807) is 18.3 Å². The molecule has 0 amide bonds. The molecule has 2 heterocycles. The second kappa shape index (κ2) is 4.49. The fourth-order valence-electron chi connectivity index (χ4n) is 2.38. The number of aromatic amines is 1. The van der Waals surface area contributed by atoms with Crippen molar-refractivity contribution in [2.24, 2.45) is 0 Å². The lowest BCUT2D eigenvalue weighted by Gasteiger charge is -2.23. The van der Waals surface area contributed by atoms with Crippen molar-refractivity contribution < 1.29 is 0 Å². The number of hydrogen-bond acceptors (Lipinski definition) is 4. The van der Waals surface area contributed by atoms with E-state index in [1.165, 1.54) is 5.56 Å². The Labute approximate surface area is 105 Å². The highest BCUT2D eigenvalue weighted by atomic mass is 15.1. The number of nitrogens with one attached hydrogen (secondary N) is 2. The first-order chi connectivity index (χ1) is 8.88. The molecule has 18 heavy (non-hydrogen) atoms. The molecule has 0 fully saturated rings. The summed E-state index contributed by atoms with van der Waals surface area (Å²) in [5.41, 5.74) is 2.95. The smallest absolute Gasteiger partial charge is 0.144 e. The van der Waals surface area contributed by atoms with Crippen LogP contribution in [0.4, 0.5) is 5.82 Å². The van der Waals surface area contributed by atoms with E-state index in [-0.39, 0.29) is 6.04 Å². The lowest BCUT2D eigenvalue weighted by molar-refractivity contribution is 0.586. The van der Waals surface area contributed by atoms with Crippen LogP contribution in [0.2, 0.25) is 0 Å². The minimum Gasteiger partial charge on any atom is -0.361 e. The highest BCUT2D eigenvalue weighted by Crippen LogP contribution is 2.30. The van der Waals surface area contributed by atoms with Crippen molar-refractivity contribution >= 4 is 5.82 Å². The molecule has 0 spiro atoms. The zero-order valence-electron chi connectivity index (χ0n) is 9.85. The number of aryl methyl sites for hydroxylation is 1. The van der Waals surface area contributed by atoms with E-state index in [9.17, 15) is 0 Å². The molecule has 3 rings (SSSR count). The predicted molar refractivity (Wildman–Crippen MR) is 66.8 cm³/mol. The Morgan fingerprint density at radius 1 is 1.50 bits per heavy atom. The van der Waals surface area contributed by atoms with E-state index in [0.717, 1.165) is 25.0 Å². The lowest BCUT2D eigenvalue weighted by Crippen LogP contribution is -2.18. The van der Waals surface area contributed by atoms with Gasteiger partial charge in [-0.25, -0.2) is 4.98 Å². The Balaban J connectivity index is 1.89. The van der Waals surface area contributed by atoms with Gasteiger partial charge in [-0.3, -0.25) is 5.10 Å². The summed E-state index contributed by atoms with van der Waals surface area (Å²) in [5.74, 6) is 0.646. The minimum atomic E-state index is 0.165. The topological polar surface area (TPSA) is 77.4 Å².